The monoisotopic (exact) mass is 649 g/mol. The normalized spacial score (nSPS) is 18.9. The van der Waals surface area contributed by atoms with E-state index in [-0.39, 0.29) is 41.9 Å². The van der Waals surface area contributed by atoms with E-state index in [1.165, 1.54) is 7.11 Å². The van der Waals surface area contributed by atoms with Crippen LogP contribution in [0.2, 0.25) is 0 Å². The molecule has 2 aromatic carbocycles. The van der Waals surface area contributed by atoms with Crippen LogP contribution in [0.4, 0.5) is 36.3 Å². The van der Waals surface area contributed by atoms with E-state index >= 15 is 0 Å². The van der Waals surface area contributed by atoms with Gasteiger partial charge in [0.15, 0.2) is 0 Å². The molecule has 3 N–H and O–H groups in total. The van der Waals surface area contributed by atoms with Gasteiger partial charge in [0, 0.05) is 26.4 Å². The van der Waals surface area contributed by atoms with Crippen molar-refractivity contribution in [3.05, 3.63) is 64.3 Å². The number of carbonyl (C=O) groups excluding carboxylic acids is 1. The topological polar surface area (TPSA) is 135 Å². The number of alkyl halides is 3. The second-order valence-corrected chi connectivity index (χ2v) is 11.8. The summed E-state index contributed by atoms with van der Waals surface area (Å²) in [6.07, 6.45) is -0.261. The Bertz CT molecular complexity index is 1580. The van der Waals surface area contributed by atoms with Crippen LogP contribution in [0, 0.1) is 0 Å². The quantitative estimate of drug-likeness (QED) is 0.197. The summed E-state index contributed by atoms with van der Waals surface area (Å²) in [6, 6.07) is 8.25. The van der Waals surface area contributed by atoms with Crippen molar-refractivity contribution < 1.29 is 41.4 Å². The molecule has 1 amide bonds. The fraction of sp³-hybridized carbons (Fsp3) is 0.433. The van der Waals surface area contributed by atoms with Gasteiger partial charge in [-0.3, -0.25) is 9.36 Å². The molecule has 1 unspecified atom stereocenters. The summed E-state index contributed by atoms with van der Waals surface area (Å²) < 4.78 is 69.2. The Hall–Kier alpha value is -3.71. The van der Waals surface area contributed by atoms with Gasteiger partial charge in [0.05, 0.1) is 36.8 Å². The lowest BCUT2D eigenvalue weighted by Crippen LogP contribution is -2.21. The van der Waals surface area contributed by atoms with Gasteiger partial charge in [-0.1, -0.05) is 12.1 Å². The van der Waals surface area contributed by atoms with Crippen LogP contribution in [0.3, 0.4) is 0 Å². The fourth-order valence-corrected chi connectivity index (χ4v) is 6.20. The summed E-state index contributed by atoms with van der Waals surface area (Å²) in [4.78, 5) is 31.8. The molecule has 1 aliphatic carbocycles. The molecule has 2 aliphatic rings. The van der Waals surface area contributed by atoms with Crippen molar-refractivity contribution in [1.29, 1.82) is 0 Å². The molecular formula is C30H35F3N5O6P. The Labute approximate surface area is 259 Å². The van der Waals surface area contributed by atoms with Crippen LogP contribution in [-0.4, -0.2) is 52.5 Å². The second-order valence-electron chi connectivity index (χ2n) is 10.9. The van der Waals surface area contributed by atoms with Crippen molar-refractivity contribution in [3.63, 3.8) is 0 Å². The lowest BCUT2D eigenvalue weighted by atomic mass is 9.80. The van der Waals surface area contributed by atoms with Gasteiger partial charge < -0.3 is 34.4 Å². The number of rotatable bonds is 11. The molecule has 2 heterocycles. The molecule has 1 aromatic heterocycles. The van der Waals surface area contributed by atoms with Crippen molar-refractivity contribution in [2.45, 2.75) is 64.0 Å². The molecule has 1 fully saturated rings. The number of carbonyl (C=O) groups is 1. The van der Waals surface area contributed by atoms with Crippen LogP contribution in [-0.2, 0) is 33.2 Å². The lowest BCUT2D eigenvalue weighted by molar-refractivity contribution is -0.137. The predicted octanol–water partition coefficient (Wildman–Crippen LogP) is 6.54. The van der Waals surface area contributed by atoms with E-state index in [1.807, 2.05) is 13.0 Å². The molecule has 3 aromatic rings. The highest BCUT2D eigenvalue weighted by Gasteiger charge is 2.37. The Balaban J connectivity index is 1.45. The summed E-state index contributed by atoms with van der Waals surface area (Å²) in [5.74, 6) is -0.450. The van der Waals surface area contributed by atoms with Crippen molar-refractivity contribution in [2.24, 2.45) is 0 Å². The molecule has 45 heavy (non-hydrogen) atoms. The number of amides is 1. The number of aromatic nitrogens is 2. The average molecular weight is 650 g/mol. The maximum absolute atomic E-state index is 14.1. The van der Waals surface area contributed by atoms with Crippen molar-refractivity contribution >= 4 is 37.3 Å². The Morgan fingerprint density at radius 1 is 1.11 bits per heavy atom. The van der Waals surface area contributed by atoms with E-state index in [2.05, 4.69) is 20.6 Å². The van der Waals surface area contributed by atoms with Gasteiger partial charge in [0.25, 0.3) is 5.91 Å². The van der Waals surface area contributed by atoms with Gasteiger partial charge in [-0.2, -0.15) is 18.2 Å². The number of halogens is 3. The molecule has 0 radical (unpaired) electrons. The first-order chi connectivity index (χ1) is 21.5. The number of nitrogens with zero attached hydrogens (tertiary/aromatic N) is 3. The van der Waals surface area contributed by atoms with Gasteiger partial charge in [-0.25, -0.2) is 4.98 Å². The molecule has 1 aliphatic heterocycles. The molecular weight excluding hydrogens is 614 g/mol. The zero-order valence-corrected chi connectivity index (χ0v) is 26.0. The van der Waals surface area contributed by atoms with E-state index in [4.69, 9.17) is 18.9 Å². The van der Waals surface area contributed by atoms with Gasteiger partial charge in [0.1, 0.15) is 17.1 Å². The molecule has 0 saturated heterocycles. The molecule has 11 nitrogen and oxygen atoms in total. The van der Waals surface area contributed by atoms with E-state index in [9.17, 15) is 22.5 Å². The Morgan fingerprint density at radius 2 is 1.84 bits per heavy atom. The maximum Gasteiger partial charge on any atom is 0.421 e. The van der Waals surface area contributed by atoms with Crippen molar-refractivity contribution in [1.82, 2.24) is 14.9 Å². The molecule has 1 saturated carbocycles. The maximum atomic E-state index is 14.1. The lowest BCUT2D eigenvalue weighted by Gasteiger charge is -2.30. The van der Waals surface area contributed by atoms with E-state index < -0.39 is 25.8 Å². The minimum Gasteiger partial charge on any atom is -0.495 e. The minimum absolute atomic E-state index is 0.138. The smallest absolute Gasteiger partial charge is 0.421 e. The van der Waals surface area contributed by atoms with Crippen LogP contribution in [0.1, 0.15) is 71.1 Å². The minimum atomic E-state index is -4.78. The van der Waals surface area contributed by atoms with Gasteiger partial charge in [-0.15, -0.1) is 0 Å². The average Bonchev–Trinajstić information content (AvgIpc) is 3.31. The van der Waals surface area contributed by atoms with Gasteiger partial charge in [-0.05, 0) is 73.4 Å². The van der Waals surface area contributed by atoms with Crippen molar-refractivity contribution in [3.8, 4) is 5.75 Å². The molecule has 5 rings (SSSR count). The van der Waals surface area contributed by atoms with Crippen LogP contribution in [0.15, 0.2) is 36.5 Å². The Morgan fingerprint density at radius 3 is 2.51 bits per heavy atom. The third kappa shape index (κ3) is 7.41. The molecule has 15 heteroatoms. The number of hydrogen-bond acceptors (Lipinski definition) is 9. The highest BCUT2D eigenvalue weighted by atomic mass is 31.1. The van der Waals surface area contributed by atoms with Gasteiger partial charge >= 0.3 is 14.4 Å². The highest BCUT2D eigenvalue weighted by Crippen LogP contribution is 2.43. The van der Waals surface area contributed by atoms with E-state index in [0.29, 0.717) is 36.2 Å². The third-order valence-electron chi connectivity index (χ3n) is 8.04. The first-order valence-corrected chi connectivity index (χ1v) is 15.8. The summed E-state index contributed by atoms with van der Waals surface area (Å²) in [6.45, 7) is 2.87. The van der Waals surface area contributed by atoms with Crippen LogP contribution in [0.5, 0.6) is 5.75 Å². The Kier molecular flexibility index (Phi) is 9.97. The van der Waals surface area contributed by atoms with Crippen LogP contribution >= 0.6 is 8.25 Å². The number of nitrogens with one attached hydrogen (secondary N) is 2. The largest absolute Gasteiger partial charge is 0.495 e. The summed E-state index contributed by atoms with van der Waals surface area (Å²) in [7, 11) is -0.0682. The van der Waals surface area contributed by atoms with Gasteiger partial charge in [0.2, 0.25) is 5.95 Å². The number of fused-ring (bicyclic) bond motifs is 1. The third-order valence-corrected chi connectivity index (χ3v) is 8.43. The number of benzene rings is 2. The molecule has 242 valence electrons. The summed E-state index contributed by atoms with van der Waals surface area (Å²) >= 11 is 0. The van der Waals surface area contributed by atoms with E-state index in [0.717, 1.165) is 36.8 Å². The zero-order valence-electron chi connectivity index (χ0n) is 25.0. The van der Waals surface area contributed by atoms with Crippen LogP contribution in [0.25, 0.3) is 0 Å². The predicted molar refractivity (Wildman–Crippen MR) is 161 cm³/mol. The highest BCUT2D eigenvalue weighted by molar-refractivity contribution is 7.32. The number of methoxy groups -OCH3 is 1. The second kappa shape index (κ2) is 13.7. The SMILES string of the molecule is CCO[C@H]1CC[C@@H](c2ccc(Nc3nc(Nc4ccc(CO[PH](=O)O)cc4OC)ncc3C(F)(F)F)c3c2CN(C)C3=O)CC1. The number of ether oxygens (including phenoxy) is 2. The fourth-order valence-electron chi connectivity index (χ4n) is 5.91. The van der Waals surface area contributed by atoms with Crippen LogP contribution < -0.4 is 15.4 Å². The first-order valence-electron chi connectivity index (χ1n) is 14.5. The summed E-state index contributed by atoms with van der Waals surface area (Å²) in [5, 5.41) is 5.67. The van der Waals surface area contributed by atoms with Crippen molar-refractivity contribution in [2.75, 3.05) is 31.4 Å². The zero-order chi connectivity index (χ0) is 32.3. The van der Waals surface area contributed by atoms with E-state index in [1.54, 1.807) is 36.2 Å². The molecule has 0 spiro atoms. The first kappa shape index (κ1) is 32.7. The number of hydrogen-bond donors (Lipinski definition) is 3. The molecule has 0 bridgehead atoms. The molecule has 1 atom stereocenters. The number of anilines is 4. The summed E-state index contributed by atoms with van der Waals surface area (Å²) in [5.41, 5.74) is 2.20. The standard InChI is InChI=1S/C30H35F3N5O6P/c1-4-43-19-8-6-18(7-9-19)20-10-12-24(26-21(20)15-38(2)28(26)39)35-27-22(30(31,32)33)14-34-29(37-27)36-23-11-5-17(13-25(23)42-3)16-44-45(40)41/h5,10-14,18-19,45H,4,6-9,15-16H2,1-3H3,(H,40,41)(H2,34,35,36,37)/t18-,19+.